The van der Waals surface area contributed by atoms with Gasteiger partial charge < -0.3 is 15.0 Å². The second-order valence-electron chi connectivity index (χ2n) is 4.90. The summed E-state index contributed by atoms with van der Waals surface area (Å²) in [6.07, 6.45) is 5.67. The number of nitrogens with one attached hydrogen (secondary N) is 1. The van der Waals surface area contributed by atoms with E-state index in [0.717, 1.165) is 31.6 Å². The van der Waals surface area contributed by atoms with E-state index in [4.69, 9.17) is 16.3 Å². The first-order chi connectivity index (χ1) is 9.70. The molecule has 20 heavy (non-hydrogen) atoms. The molecule has 110 valence electrons. The fourth-order valence-corrected chi connectivity index (χ4v) is 2.51. The average molecular weight is 298 g/mol. The van der Waals surface area contributed by atoms with E-state index in [9.17, 15) is 4.79 Å². The van der Waals surface area contributed by atoms with Gasteiger partial charge in [0, 0.05) is 38.6 Å². The van der Waals surface area contributed by atoms with Gasteiger partial charge in [0.05, 0.1) is 23.7 Å². The summed E-state index contributed by atoms with van der Waals surface area (Å²) in [6.45, 7) is 2.05. The zero-order valence-electron chi connectivity index (χ0n) is 11.6. The van der Waals surface area contributed by atoms with Crippen LogP contribution in [0.4, 0.5) is 5.69 Å². The average Bonchev–Trinajstić information content (AvgIpc) is 2.48. The number of hydrogen-bond donors (Lipinski definition) is 1. The smallest absolute Gasteiger partial charge is 0.224 e. The normalized spacial score (nSPS) is 16.2. The van der Waals surface area contributed by atoms with Crippen molar-refractivity contribution >= 4 is 23.2 Å². The number of nitrogens with zero attached hydrogens (tertiary/aromatic N) is 2. The van der Waals surface area contributed by atoms with Gasteiger partial charge in [-0.1, -0.05) is 11.6 Å². The molecular formula is C14H20ClN3O2. The van der Waals surface area contributed by atoms with Gasteiger partial charge in [-0.25, -0.2) is 0 Å². The molecule has 1 fully saturated rings. The highest BCUT2D eigenvalue weighted by atomic mass is 35.5. The summed E-state index contributed by atoms with van der Waals surface area (Å²) in [5, 5.41) is 4.05. The summed E-state index contributed by atoms with van der Waals surface area (Å²) < 4.78 is 4.94. The molecule has 1 aromatic rings. The van der Waals surface area contributed by atoms with Gasteiger partial charge in [0.1, 0.15) is 0 Å². The molecule has 0 saturated carbocycles. The number of halogens is 1. The molecule has 2 heterocycles. The molecule has 1 aliphatic heterocycles. The number of amides is 1. The van der Waals surface area contributed by atoms with Gasteiger partial charge in [0.15, 0.2) is 0 Å². The number of rotatable bonds is 5. The van der Waals surface area contributed by atoms with Crippen LogP contribution >= 0.6 is 11.6 Å². The summed E-state index contributed by atoms with van der Waals surface area (Å²) in [7, 11) is 1.61. The van der Waals surface area contributed by atoms with Gasteiger partial charge in [-0.05, 0) is 18.9 Å². The van der Waals surface area contributed by atoms with Crippen molar-refractivity contribution in [2.45, 2.75) is 25.3 Å². The van der Waals surface area contributed by atoms with E-state index in [1.165, 1.54) is 0 Å². The monoisotopic (exact) mass is 297 g/mol. The van der Waals surface area contributed by atoms with Crippen LogP contribution in [0.2, 0.25) is 5.02 Å². The molecule has 1 amide bonds. The maximum Gasteiger partial charge on any atom is 0.224 e. The number of ether oxygens (including phenoxy) is 1. The number of anilines is 1. The Balaban J connectivity index is 1.80. The Hall–Kier alpha value is -1.33. The molecule has 1 N–H and O–H groups in total. The van der Waals surface area contributed by atoms with Crippen LogP contribution in [-0.2, 0) is 9.53 Å². The minimum Gasteiger partial charge on any atom is -0.384 e. The Kier molecular flexibility index (Phi) is 5.61. The standard InChI is InChI=1S/C14H20ClN3O2/c1-20-9-5-14(19)18-7-3-11(4-8-18)17-13-2-6-16-10-12(13)15/h2,6,10-11H,3-5,7-9H2,1H3,(H,16,17). The molecule has 6 heteroatoms. The summed E-state index contributed by atoms with van der Waals surface area (Å²) >= 11 is 6.08. The highest BCUT2D eigenvalue weighted by Crippen LogP contribution is 2.23. The SMILES string of the molecule is COCCC(=O)N1CCC(Nc2ccncc2Cl)CC1. The van der Waals surface area contributed by atoms with Crippen molar-refractivity contribution in [2.75, 3.05) is 32.1 Å². The van der Waals surface area contributed by atoms with E-state index in [0.29, 0.717) is 24.1 Å². The third-order valence-electron chi connectivity index (χ3n) is 3.50. The van der Waals surface area contributed by atoms with Gasteiger partial charge in [0.2, 0.25) is 5.91 Å². The van der Waals surface area contributed by atoms with Gasteiger partial charge in [-0.15, -0.1) is 0 Å². The zero-order chi connectivity index (χ0) is 14.4. The Labute approximate surface area is 124 Å². The van der Waals surface area contributed by atoms with Crippen LogP contribution in [0, 0.1) is 0 Å². The van der Waals surface area contributed by atoms with Crippen LogP contribution in [0.1, 0.15) is 19.3 Å². The van der Waals surface area contributed by atoms with Crippen LogP contribution in [0.5, 0.6) is 0 Å². The maximum absolute atomic E-state index is 11.9. The van der Waals surface area contributed by atoms with Crippen molar-refractivity contribution in [1.82, 2.24) is 9.88 Å². The van der Waals surface area contributed by atoms with Gasteiger partial charge >= 0.3 is 0 Å². The summed E-state index contributed by atoms with van der Waals surface area (Å²) in [6, 6.07) is 2.22. The number of carbonyl (C=O) groups excluding carboxylic acids is 1. The molecule has 1 aliphatic rings. The number of methoxy groups -OCH3 is 1. The molecular weight excluding hydrogens is 278 g/mol. The van der Waals surface area contributed by atoms with E-state index in [1.807, 2.05) is 11.0 Å². The van der Waals surface area contributed by atoms with Crippen molar-refractivity contribution in [3.63, 3.8) is 0 Å². The molecule has 5 nitrogen and oxygen atoms in total. The van der Waals surface area contributed by atoms with Crippen molar-refractivity contribution in [1.29, 1.82) is 0 Å². The lowest BCUT2D eigenvalue weighted by atomic mass is 10.0. The molecule has 0 aliphatic carbocycles. The Morgan fingerprint density at radius 3 is 2.95 bits per heavy atom. The van der Waals surface area contributed by atoms with E-state index in [2.05, 4.69) is 10.3 Å². The van der Waals surface area contributed by atoms with Crippen molar-refractivity contribution in [3.05, 3.63) is 23.5 Å². The first kappa shape index (κ1) is 15.1. The molecule has 0 spiro atoms. The van der Waals surface area contributed by atoms with Crippen LogP contribution in [-0.4, -0.2) is 48.6 Å². The summed E-state index contributed by atoms with van der Waals surface area (Å²) in [5.41, 5.74) is 0.908. The Morgan fingerprint density at radius 1 is 1.55 bits per heavy atom. The van der Waals surface area contributed by atoms with E-state index >= 15 is 0 Å². The second-order valence-corrected chi connectivity index (χ2v) is 5.30. The molecule has 1 aromatic heterocycles. The lowest BCUT2D eigenvalue weighted by Gasteiger charge is -2.33. The van der Waals surface area contributed by atoms with Gasteiger partial charge in [0.25, 0.3) is 0 Å². The van der Waals surface area contributed by atoms with Crippen molar-refractivity contribution in [2.24, 2.45) is 0 Å². The van der Waals surface area contributed by atoms with Crippen LogP contribution in [0.3, 0.4) is 0 Å². The summed E-state index contributed by atoms with van der Waals surface area (Å²) in [4.78, 5) is 17.7. The number of likely N-dealkylation sites (tertiary alicyclic amines) is 1. The zero-order valence-corrected chi connectivity index (χ0v) is 12.4. The highest BCUT2D eigenvalue weighted by molar-refractivity contribution is 6.33. The minimum atomic E-state index is 0.173. The number of hydrogen-bond acceptors (Lipinski definition) is 4. The fraction of sp³-hybridized carbons (Fsp3) is 0.571. The first-order valence-corrected chi connectivity index (χ1v) is 7.21. The molecule has 0 radical (unpaired) electrons. The highest BCUT2D eigenvalue weighted by Gasteiger charge is 2.22. The Bertz CT molecular complexity index is 448. The minimum absolute atomic E-state index is 0.173. The predicted octanol–water partition coefficient (Wildman–Crippen LogP) is 2.17. The van der Waals surface area contributed by atoms with E-state index < -0.39 is 0 Å². The van der Waals surface area contributed by atoms with Crippen LogP contribution in [0.25, 0.3) is 0 Å². The molecule has 1 saturated heterocycles. The molecule has 0 unspecified atom stereocenters. The van der Waals surface area contributed by atoms with Crippen molar-refractivity contribution in [3.8, 4) is 0 Å². The third-order valence-corrected chi connectivity index (χ3v) is 3.80. The van der Waals surface area contributed by atoms with Crippen molar-refractivity contribution < 1.29 is 9.53 Å². The number of pyridine rings is 1. The number of carbonyl (C=O) groups is 1. The Morgan fingerprint density at radius 2 is 2.30 bits per heavy atom. The van der Waals surface area contributed by atoms with Crippen LogP contribution < -0.4 is 5.32 Å². The largest absolute Gasteiger partial charge is 0.384 e. The second kappa shape index (κ2) is 7.45. The lowest BCUT2D eigenvalue weighted by molar-refractivity contribution is -0.133. The molecule has 0 aromatic carbocycles. The molecule has 0 bridgehead atoms. The summed E-state index contributed by atoms with van der Waals surface area (Å²) in [5.74, 6) is 0.173. The van der Waals surface area contributed by atoms with Gasteiger partial charge in [-0.2, -0.15) is 0 Å². The lowest BCUT2D eigenvalue weighted by Crippen LogP contribution is -2.42. The van der Waals surface area contributed by atoms with Crippen LogP contribution in [0.15, 0.2) is 18.5 Å². The van der Waals surface area contributed by atoms with E-state index in [1.54, 1.807) is 19.5 Å². The number of aromatic nitrogens is 1. The number of piperidine rings is 1. The maximum atomic E-state index is 11.9. The fourth-order valence-electron chi connectivity index (χ4n) is 2.33. The quantitative estimate of drug-likeness (QED) is 0.905. The molecule has 2 rings (SSSR count). The van der Waals surface area contributed by atoms with E-state index in [-0.39, 0.29) is 5.91 Å². The topological polar surface area (TPSA) is 54.5 Å². The predicted molar refractivity (Wildman–Crippen MR) is 79.0 cm³/mol. The third kappa shape index (κ3) is 4.08. The van der Waals surface area contributed by atoms with Gasteiger partial charge in [-0.3, -0.25) is 9.78 Å². The first-order valence-electron chi connectivity index (χ1n) is 6.83. The molecule has 0 atom stereocenters.